The lowest BCUT2D eigenvalue weighted by atomic mass is 9.95. The van der Waals surface area contributed by atoms with Crippen LogP contribution in [0.2, 0.25) is 0 Å². The monoisotopic (exact) mass is 277 g/mol. The first-order chi connectivity index (χ1) is 9.74. The van der Waals surface area contributed by atoms with Crippen molar-refractivity contribution in [3.8, 4) is 0 Å². The highest BCUT2D eigenvalue weighted by atomic mass is 16.3. The summed E-state index contributed by atoms with van der Waals surface area (Å²) in [6.07, 6.45) is 7.84. The SMILES string of the molecule is CCCC(CCO)CNc1nc(C)nc2c1CCCC2. The number of rotatable bonds is 7. The van der Waals surface area contributed by atoms with Gasteiger partial charge in [0.25, 0.3) is 0 Å². The number of aliphatic hydroxyl groups excluding tert-OH is 1. The molecule has 0 bridgehead atoms. The van der Waals surface area contributed by atoms with Gasteiger partial charge in [0.2, 0.25) is 0 Å². The zero-order chi connectivity index (χ0) is 14.4. The molecule has 1 atom stereocenters. The normalized spacial score (nSPS) is 15.8. The Kier molecular flexibility index (Phi) is 5.77. The van der Waals surface area contributed by atoms with Crippen LogP contribution in [0.25, 0.3) is 0 Å². The van der Waals surface area contributed by atoms with Crippen LogP contribution in [0.4, 0.5) is 5.82 Å². The summed E-state index contributed by atoms with van der Waals surface area (Å²) in [5.41, 5.74) is 2.56. The molecule has 4 heteroatoms. The third-order valence-electron chi connectivity index (χ3n) is 4.09. The molecule has 0 radical (unpaired) electrons. The molecule has 4 nitrogen and oxygen atoms in total. The lowest BCUT2D eigenvalue weighted by Gasteiger charge is -2.21. The molecule has 0 saturated heterocycles. The van der Waals surface area contributed by atoms with Crippen LogP contribution in [0.1, 0.15) is 56.1 Å². The fraction of sp³-hybridized carbons (Fsp3) is 0.750. The van der Waals surface area contributed by atoms with Gasteiger partial charge in [-0.25, -0.2) is 9.97 Å². The van der Waals surface area contributed by atoms with Crippen LogP contribution in [0.5, 0.6) is 0 Å². The molecule has 0 aromatic carbocycles. The maximum Gasteiger partial charge on any atom is 0.133 e. The first-order valence-corrected chi connectivity index (χ1v) is 7.95. The summed E-state index contributed by atoms with van der Waals surface area (Å²) in [5, 5.41) is 12.7. The minimum absolute atomic E-state index is 0.271. The van der Waals surface area contributed by atoms with Gasteiger partial charge in [-0.3, -0.25) is 0 Å². The van der Waals surface area contributed by atoms with E-state index in [0.29, 0.717) is 5.92 Å². The van der Waals surface area contributed by atoms with Gasteiger partial charge in [-0.1, -0.05) is 13.3 Å². The number of aryl methyl sites for hydroxylation is 2. The Bertz CT molecular complexity index is 428. The van der Waals surface area contributed by atoms with Crippen LogP contribution < -0.4 is 5.32 Å². The number of anilines is 1. The van der Waals surface area contributed by atoms with E-state index in [0.717, 1.165) is 50.3 Å². The van der Waals surface area contributed by atoms with E-state index in [2.05, 4.69) is 22.2 Å². The van der Waals surface area contributed by atoms with Crippen LogP contribution in [0, 0.1) is 12.8 Å². The van der Waals surface area contributed by atoms with Crippen molar-refractivity contribution >= 4 is 5.82 Å². The van der Waals surface area contributed by atoms with Crippen LogP contribution in [-0.2, 0) is 12.8 Å². The Balaban J connectivity index is 2.06. The molecular weight excluding hydrogens is 250 g/mol. The van der Waals surface area contributed by atoms with Crippen molar-refractivity contribution in [2.24, 2.45) is 5.92 Å². The summed E-state index contributed by atoms with van der Waals surface area (Å²) < 4.78 is 0. The van der Waals surface area contributed by atoms with Crippen molar-refractivity contribution < 1.29 is 5.11 Å². The van der Waals surface area contributed by atoms with Gasteiger partial charge in [-0.05, 0) is 51.4 Å². The number of aliphatic hydroxyl groups is 1. The summed E-state index contributed by atoms with van der Waals surface area (Å²) >= 11 is 0. The quantitative estimate of drug-likeness (QED) is 0.804. The molecule has 1 aliphatic carbocycles. The van der Waals surface area contributed by atoms with Crippen LogP contribution >= 0.6 is 0 Å². The van der Waals surface area contributed by atoms with Gasteiger partial charge in [0.05, 0.1) is 0 Å². The molecule has 0 fully saturated rings. The maximum atomic E-state index is 9.14. The number of aromatic nitrogens is 2. The average Bonchev–Trinajstić information content (AvgIpc) is 2.44. The first-order valence-electron chi connectivity index (χ1n) is 7.95. The van der Waals surface area contributed by atoms with Crippen molar-refractivity contribution in [2.75, 3.05) is 18.5 Å². The molecule has 0 saturated carbocycles. The van der Waals surface area contributed by atoms with E-state index in [1.165, 1.54) is 24.1 Å². The molecule has 2 rings (SSSR count). The minimum Gasteiger partial charge on any atom is -0.396 e. The van der Waals surface area contributed by atoms with E-state index in [-0.39, 0.29) is 6.61 Å². The second-order valence-electron chi connectivity index (χ2n) is 5.80. The number of fused-ring (bicyclic) bond motifs is 1. The van der Waals surface area contributed by atoms with Crippen molar-refractivity contribution in [1.29, 1.82) is 0 Å². The molecule has 1 aromatic rings. The highest BCUT2D eigenvalue weighted by Crippen LogP contribution is 2.26. The molecule has 0 amide bonds. The Morgan fingerprint density at radius 2 is 2.00 bits per heavy atom. The predicted molar refractivity (Wildman–Crippen MR) is 82.0 cm³/mol. The molecule has 1 unspecified atom stereocenters. The van der Waals surface area contributed by atoms with E-state index in [4.69, 9.17) is 5.11 Å². The Morgan fingerprint density at radius 3 is 2.75 bits per heavy atom. The summed E-state index contributed by atoms with van der Waals surface area (Å²) in [6.45, 7) is 5.34. The summed E-state index contributed by atoms with van der Waals surface area (Å²) in [5.74, 6) is 2.42. The van der Waals surface area contributed by atoms with E-state index < -0.39 is 0 Å². The molecule has 1 aromatic heterocycles. The summed E-state index contributed by atoms with van der Waals surface area (Å²) in [7, 11) is 0. The molecule has 1 heterocycles. The summed E-state index contributed by atoms with van der Waals surface area (Å²) in [4.78, 5) is 9.18. The molecule has 2 N–H and O–H groups in total. The molecular formula is C16H27N3O. The Labute approximate surface area is 122 Å². The van der Waals surface area contributed by atoms with Gasteiger partial charge in [0.15, 0.2) is 0 Å². The largest absolute Gasteiger partial charge is 0.396 e. The Morgan fingerprint density at radius 1 is 1.20 bits per heavy atom. The molecule has 20 heavy (non-hydrogen) atoms. The highest BCUT2D eigenvalue weighted by molar-refractivity contribution is 5.47. The third kappa shape index (κ3) is 3.92. The molecule has 0 spiro atoms. The van der Waals surface area contributed by atoms with Gasteiger partial charge >= 0.3 is 0 Å². The van der Waals surface area contributed by atoms with Gasteiger partial charge in [-0.2, -0.15) is 0 Å². The predicted octanol–water partition coefficient (Wildman–Crippen LogP) is 2.87. The molecule has 1 aliphatic rings. The first kappa shape index (κ1) is 15.2. The van der Waals surface area contributed by atoms with Crippen LogP contribution in [-0.4, -0.2) is 28.2 Å². The van der Waals surface area contributed by atoms with E-state index in [1.54, 1.807) is 0 Å². The zero-order valence-electron chi connectivity index (χ0n) is 12.8. The van der Waals surface area contributed by atoms with Crippen molar-refractivity contribution in [3.63, 3.8) is 0 Å². The third-order valence-corrected chi connectivity index (χ3v) is 4.09. The second-order valence-corrected chi connectivity index (χ2v) is 5.80. The number of hydrogen-bond acceptors (Lipinski definition) is 4. The van der Waals surface area contributed by atoms with E-state index in [9.17, 15) is 0 Å². The standard InChI is InChI=1S/C16H27N3O/c1-3-6-13(9-10-20)11-17-16-14-7-4-5-8-15(14)18-12(2)19-16/h13,20H,3-11H2,1-2H3,(H,17,18,19). The van der Waals surface area contributed by atoms with Crippen LogP contribution in [0.15, 0.2) is 0 Å². The van der Waals surface area contributed by atoms with Crippen molar-refractivity contribution in [2.45, 2.75) is 58.8 Å². The average molecular weight is 277 g/mol. The topological polar surface area (TPSA) is 58.0 Å². The van der Waals surface area contributed by atoms with Crippen LogP contribution in [0.3, 0.4) is 0 Å². The van der Waals surface area contributed by atoms with Gasteiger partial charge in [0.1, 0.15) is 11.6 Å². The van der Waals surface area contributed by atoms with Gasteiger partial charge in [0, 0.05) is 24.4 Å². The Hall–Kier alpha value is -1.16. The fourth-order valence-corrected chi connectivity index (χ4v) is 3.04. The molecule has 0 aliphatic heterocycles. The second kappa shape index (κ2) is 7.58. The summed E-state index contributed by atoms with van der Waals surface area (Å²) in [6, 6.07) is 0. The van der Waals surface area contributed by atoms with Gasteiger partial charge < -0.3 is 10.4 Å². The number of nitrogens with one attached hydrogen (secondary N) is 1. The number of nitrogens with zero attached hydrogens (tertiary/aromatic N) is 2. The minimum atomic E-state index is 0.271. The van der Waals surface area contributed by atoms with E-state index in [1.807, 2.05) is 6.92 Å². The van der Waals surface area contributed by atoms with Crippen molar-refractivity contribution in [3.05, 3.63) is 17.1 Å². The lowest BCUT2D eigenvalue weighted by Crippen LogP contribution is -2.19. The number of hydrogen-bond donors (Lipinski definition) is 2. The lowest BCUT2D eigenvalue weighted by molar-refractivity contribution is 0.255. The highest BCUT2D eigenvalue weighted by Gasteiger charge is 2.17. The molecule has 112 valence electrons. The van der Waals surface area contributed by atoms with E-state index >= 15 is 0 Å². The van der Waals surface area contributed by atoms with Crippen molar-refractivity contribution in [1.82, 2.24) is 9.97 Å². The van der Waals surface area contributed by atoms with Gasteiger partial charge in [-0.15, -0.1) is 0 Å². The smallest absolute Gasteiger partial charge is 0.133 e. The fourth-order valence-electron chi connectivity index (χ4n) is 3.04. The zero-order valence-corrected chi connectivity index (χ0v) is 12.8. The maximum absolute atomic E-state index is 9.14.